The van der Waals surface area contributed by atoms with Crippen molar-refractivity contribution in [1.82, 2.24) is 0 Å². The zero-order valence-electron chi connectivity index (χ0n) is 8.20. The number of aliphatic hydroxyl groups excluding tert-OH is 1. The molecule has 0 bridgehead atoms. The highest BCUT2D eigenvalue weighted by Gasteiger charge is 2.47. The number of benzene rings is 1. The average Bonchev–Trinajstić information content (AvgIpc) is 2.15. The Hall–Kier alpha value is -0.820. The number of rotatable bonds is 1. The average molecular weight is 176 g/mol. The lowest BCUT2D eigenvalue weighted by Crippen LogP contribution is -2.47. The third-order valence-electron chi connectivity index (χ3n) is 3.42. The molecule has 1 saturated carbocycles. The maximum atomic E-state index is 9.61. The summed E-state index contributed by atoms with van der Waals surface area (Å²) in [4.78, 5) is 0. The van der Waals surface area contributed by atoms with E-state index >= 15 is 0 Å². The molecular formula is C12H16O. The van der Waals surface area contributed by atoms with Crippen LogP contribution in [0.4, 0.5) is 0 Å². The van der Waals surface area contributed by atoms with Gasteiger partial charge in [0.25, 0.3) is 0 Å². The fraction of sp³-hybridized carbons (Fsp3) is 0.500. The highest BCUT2D eigenvalue weighted by molar-refractivity contribution is 5.26. The highest BCUT2D eigenvalue weighted by atomic mass is 16.3. The summed E-state index contributed by atoms with van der Waals surface area (Å²) in [6, 6.07) is 10.5. The molecule has 70 valence electrons. The molecule has 2 rings (SSSR count). The standard InChI is InChI=1S/C12H16O/c1-12(2)10(8-11(12)13)9-6-4-3-5-7-9/h3-7,10-11,13H,8H2,1-2H3/t10-,11-/m0/s1. The predicted molar refractivity (Wildman–Crippen MR) is 53.6 cm³/mol. The molecule has 0 aromatic heterocycles. The van der Waals surface area contributed by atoms with Gasteiger partial charge in [-0.1, -0.05) is 44.2 Å². The Kier molecular flexibility index (Phi) is 1.92. The lowest BCUT2D eigenvalue weighted by Gasteiger charge is -2.49. The number of hydrogen-bond donors (Lipinski definition) is 1. The van der Waals surface area contributed by atoms with Gasteiger partial charge in [-0.15, -0.1) is 0 Å². The molecule has 1 heteroatoms. The second kappa shape index (κ2) is 2.85. The first-order valence-corrected chi connectivity index (χ1v) is 4.85. The van der Waals surface area contributed by atoms with E-state index in [4.69, 9.17) is 0 Å². The summed E-state index contributed by atoms with van der Waals surface area (Å²) in [5.41, 5.74) is 1.42. The van der Waals surface area contributed by atoms with Gasteiger partial charge in [0, 0.05) is 0 Å². The van der Waals surface area contributed by atoms with Crippen LogP contribution >= 0.6 is 0 Å². The third kappa shape index (κ3) is 1.28. The molecule has 1 aliphatic carbocycles. The normalized spacial score (nSPS) is 31.0. The number of hydrogen-bond acceptors (Lipinski definition) is 1. The van der Waals surface area contributed by atoms with Gasteiger partial charge in [0.15, 0.2) is 0 Å². The molecule has 1 aromatic rings. The molecule has 1 nitrogen and oxygen atoms in total. The molecule has 13 heavy (non-hydrogen) atoms. The van der Waals surface area contributed by atoms with Crippen LogP contribution < -0.4 is 0 Å². The Morgan fingerprint density at radius 1 is 1.23 bits per heavy atom. The zero-order valence-corrected chi connectivity index (χ0v) is 8.20. The first-order valence-electron chi connectivity index (χ1n) is 4.85. The molecular weight excluding hydrogens is 160 g/mol. The van der Waals surface area contributed by atoms with Gasteiger partial charge < -0.3 is 5.11 Å². The molecule has 0 saturated heterocycles. The Balaban J connectivity index is 2.22. The van der Waals surface area contributed by atoms with Gasteiger partial charge in [0.2, 0.25) is 0 Å². The predicted octanol–water partition coefficient (Wildman–Crippen LogP) is 2.56. The van der Waals surface area contributed by atoms with E-state index in [-0.39, 0.29) is 11.5 Å². The van der Waals surface area contributed by atoms with Crippen LogP contribution in [0.1, 0.15) is 31.7 Å². The molecule has 0 heterocycles. The summed E-state index contributed by atoms with van der Waals surface area (Å²) < 4.78 is 0. The highest BCUT2D eigenvalue weighted by Crippen LogP contribution is 2.52. The van der Waals surface area contributed by atoms with Gasteiger partial charge >= 0.3 is 0 Å². The van der Waals surface area contributed by atoms with E-state index < -0.39 is 0 Å². The molecule has 1 fully saturated rings. The van der Waals surface area contributed by atoms with Gasteiger partial charge in [0.05, 0.1) is 6.10 Å². The summed E-state index contributed by atoms with van der Waals surface area (Å²) in [7, 11) is 0. The van der Waals surface area contributed by atoms with Gasteiger partial charge in [-0.25, -0.2) is 0 Å². The van der Waals surface area contributed by atoms with Gasteiger partial charge in [-0.2, -0.15) is 0 Å². The van der Waals surface area contributed by atoms with E-state index in [9.17, 15) is 5.11 Å². The van der Waals surface area contributed by atoms with Crippen molar-refractivity contribution in [2.75, 3.05) is 0 Å². The molecule has 0 unspecified atom stereocenters. The SMILES string of the molecule is CC1(C)[C@@H](O)C[C@H]1c1ccccc1. The van der Waals surface area contributed by atoms with Crippen molar-refractivity contribution in [1.29, 1.82) is 0 Å². The van der Waals surface area contributed by atoms with Crippen LogP contribution in [0.5, 0.6) is 0 Å². The monoisotopic (exact) mass is 176 g/mol. The Labute approximate surface area is 79.4 Å². The summed E-state index contributed by atoms with van der Waals surface area (Å²) in [6.45, 7) is 4.28. The maximum absolute atomic E-state index is 9.61. The minimum Gasteiger partial charge on any atom is -0.393 e. The van der Waals surface area contributed by atoms with Crippen LogP contribution in [-0.4, -0.2) is 11.2 Å². The van der Waals surface area contributed by atoms with Crippen LogP contribution in [0, 0.1) is 5.41 Å². The molecule has 1 N–H and O–H groups in total. The van der Waals surface area contributed by atoms with Gasteiger partial charge in [0.1, 0.15) is 0 Å². The zero-order chi connectivity index (χ0) is 9.47. The Morgan fingerprint density at radius 3 is 2.31 bits per heavy atom. The fourth-order valence-corrected chi connectivity index (χ4v) is 2.15. The van der Waals surface area contributed by atoms with Crippen molar-refractivity contribution in [3.05, 3.63) is 35.9 Å². The smallest absolute Gasteiger partial charge is 0.0603 e. The third-order valence-corrected chi connectivity index (χ3v) is 3.42. The number of aliphatic hydroxyl groups is 1. The van der Waals surface area contributed by atoms with Crippen molar-refractivity contribution >= 4 is 0 Å². The summed E-state index contributed by atoms with van der Waals surface area (Å²) >= 11 is 0. The second-order valence-electron chi connectivity index (χ2n) is 4.54. The molecule has 0 amide bonds. The molecule has 1 aromatic carbocycles. The lowest BCUT2D eigenvalue weighted by atomic mass is 9.58. The minimum atomic E-state index is -0.127. The van der Waals surface area contributed by atoms with Gasteiger partial charge in [-0.05, 0) is 23.3 Å². The van der Waals surface area contributed by atoms with Crippen molar-refractivity contribution in [2.24, 2.45) is 5.41 Å². The van der Waals surface area contributed by atoms with E-state index in [2.05, 4.69) is 38.1 Å². The molecule has 2 atom stereocenters. The van der Waals surface area contributed by atoms with E-state index in [1.54, 1.807) is 0 Å². The quantitative estimate of drug-likeness (QED) is 0.697. The van der Waals surface area contributed by atoms with E-state index in [0.29, 0.717) is 5.92 Å². The Bertz CT molecular complexity index is 289. The van der Waals surface area contributed by atoms with Crippen molar-refractivity contribution in [3.63, 3.8) is 0 Å². The van der Waals surface area contributed by atoms with Crippen molar-refractivity contribution in [3.8, 4) is 0 Å². The van der Waals surface area contributed by atoms with Crippen molar-refractivity contribution < 1.29 is 5.11 Å². The maximum Gasteiger partial charge on any atom is 0.0603 e. The van der Waals surface area contributed by atoms with Crippen LogP contribution in [0.3, 0.4) is 0 Å². The molecule has 1 aliphatic rings. The van der Waals surface area contributed by atoms with Crippen molar-refractivity contribution in [2.45, 2.75) is 32.3 Å². The van der Waals surface area contributed by atoms with E-state index in [1.807, 2.05) is 6.07 Å². The molecule has 0 radical (unpaired) electrons. The summed E-state index contributed by atoms with van der Waals surface area (Å²) in [6.07, 6.45) is 0.787. The molecule has 0 spiro atoms. The van der Waals surface area contributed by atoms with E-state index in [1.165, 1.54) is 5.56 Å². The van der Waals surface area contributed by atoms with Crippen LogP contribution in [0.15, 0.2) is 30.3 Å². The first-order chi connectivity index (χ1) is 6.12. The van der Waals surface area contributed by atoms with Gasteiger partial charge in [-0.3, -0.25) is 0 Å². The van der Waals surface area contributed by atoms with Crippen LogP contribution in [0.25, 0.3) is 0 Å². The lowest BCUT2D eigenvalue weighted by molar-refractivity contribution is -0.0625. The first kappa shape index (κ1) is 8.76. The van der Waals surface area contributed by atoms with Crippen LogP contribution in [0.2, 0.25) is 0 Å². The second-order valence-corrected chi connectivity index (χ2v) is 4.54. The van der Waals surface area contributed by atoms with E-state index in [0.717, 1.165) is 6.42 Å². The fourth-order valence-electron chi connectivity index (χ4n) is 2.15. The molecule has 0 aliphatic heterocycles. The van der Waals surface area contributed by atoms with Crippen LogP contribution in [-0.2, 0) is 0 Å². The largest absolute Gasteiger partial charge is 0.393 e. The minimum absolute atomic E-state index is 0.0569. The summed E-state index contributed by atoms with van der Waals surface area (Å²) in [5, 5.41) is 9.61. The summed E-state index contributed by atoms with van der Waals surface area (Å²) in [5.74, 6) is 0.531. The Morgan fingerprint density at radius 2 is 1.85 bits per heavy atom. The topological polar surface area (TPSA) is 20.2 Å².